The van der Waals surface area contributed by atoms with Crippen LogP contribution in [0.5, 0.6) is 0 Å². The highest BCUT2D eigenvalue weighted by Crippen LogP contribution is 2.45. The van der Waals surface area contributed by atoms with Crippen molar-refractivity contribution in [1.82, 2.24) is 0 Å². The van der Waals surface area contributed by atoms with E-state index in [0.717, 1.165) is 55.5 Å². The minimum Gasteiger partial charge on any atom is -0.455 e. The molecule has 10 aromatic carbocycles. The van der Waals surface area contributed by atoms with E-state index >= 15 is 0 Å². The van der Waals surface area contributed by atoms with E-state index in [1.54, 1.807) is 0 Å². The van der Waals surface area contributed by atoms with Crippen LogP contribution in [0, 0.1) is 0 Å². The van der Waals surface area contributed by atoms with Crippen LogP contribution in [-0.2, 0) is 0 Å². The van der Waals surface area contributed by atoms with Crippen LogP contribution in [0.25, 0.3) is 86.9 Å². The summed E-state index contributed by atoms with van der Waals surface area (Å²) in [5.74, 6) is 0. The molecule has 1 aromatic heterocycles. The number of nitrogens with zero attached hydrogens (tertiary/aromatic N) is 1. The molecule has 11 aromatic rings. The van der Waals surface area contributed by atoms with Crippen LogP contribution in [0.2, 0.25) is 0 Å². The first-order valence-corrected chi connectivity index (χ1v) is 17.8. The van der Waals surface area contributed by atoms with Gasteiger partial charge in [-0.25, -0.2) is 0 Å². The van der Waals surface area contributed by atoms with E-state index in [-0.39, 0.29) is 0 Å². The molecule has 0 N–H and O–H groups in total. The Morgan fingerprint density at radius 3 is 1.50 bits per heavy atom. The summed E-state index contributed by atoms with van der Waals surface area (Å²) in [5.41, 5.74) is 7.45. The Hall–Kier alpha value is -6.90. The van der Waals surface area contributed by atoms with Gasteiger partial charge in [0.25, 0.3) is 0 Å². The summed E-state index contributed by atoms with van der Waals surface area (Å²) in [5, 5.41) is 14.5. The minimum absolute atomic E-state index is 0.896. The van der Waals surface area contributed by atoms with Gasteiger partial charge in [-0.15, -0.1) is 0 Å². The zero-order valence-electron chi connectivity index (χ0n) is 28.3. The standard InChI is InChI=1S/C50H31NO/c1-4-12-40-32(9-1)17-19-35-29-38(23-26-42(35)40)51(39-24-27-43-36(30-39)20-18-33-10-2-5-13-41(33)43)48-16-8-7-14-44(48)37-22-28-49-47(31-37)46-25-21-34-11-3-6-15-45(34)50(46)52-49/h1-31H. The van der Waals surface area contributed by atoms with E-state index in [1.165, 1.54) is 48.5 Å². The third kappa shape index (κ3) is 4.44. The molecule has 0 bridgehead atoms. The molecular weight excluding hydrogens is 631 g/mol. The van der Waals surface area contributed by atoms with Crippen LogP contribution in [0.4, 0.5) is 17.1 Å². The first kappa shape index (κ1) is 28.9. The van der Waals surface area contributed by atoms with Crippen molar-refractivity contribution < 1.29 is 4.42 Å². The Kier molecular flexibility index (Phi) is 6.28. The first-order valence-electron chi connectivity index (χ1n) is 17.8. The zero-order chi connectivity index (χ0) is 34.2. The SMILES string of the molecule is c1ccc(N(c2ccc3c(ccc4ccccc43)c2)c2ccc3c(ccc4ccccc43)c2)c(-c2ccc3oc4c5ccccc5ccc4c3c2)c1. The normalized spacial score (nSPS) is 11.8. The molecule has 242 valence electrons. The second-order valence-electron chi connectivity index (χ2n) is 13.7. The molecule has 0 atom stereocenters. The molecule has 11 rings (SSSR count). The molecule has 0 unspecified atom stereocenters. The molecule has 0 amide bonds. The fraction of sp³-hybridized carbons (Fsp3) is 0. The van der Waals surface area contributed by atoms with E-state index in [2.05, 4.69) is 193 Å². The van der Waals surface area contributed by atoms with E-state index in [0.29, 0.717) is 0 Å². The van der Waals surface area contributed by atoms with E-state index in [4.69, 9.17) is 4.42 Å². The lowest BCUT2D eigenvalue weighted by atomic mass is 9.97. The summed E-state index contributed by atoms with van der Waals surface area (Å²) in [6.07, 6.45) is 0. The van der Waals surface area contributed by atoms with Gasteiger partial charge in [0.1, 0.15) is 11.2 Å². The molecule has 0 saturated heterocycles. The van der Waals surface area contributed by atoms with E-state index in [9.17, 15) is 0 Å². The van der Waals surface area contributed by atoms with Crippen molar-refractivity contribution in [2.75, 3.05) is 4.90 Å². The smallest absolute Gasteiger partial charge is 0.143 e. The van der Waals surface area contributed by atoms with Gasteiger partial charge in [0, 0.05) is 33.1 Å². The number of benzene rings is 10. The van der Waals surface area contributed by atoms with Gasteiger partial charge < -0.3 is 9.32 Å². The average Bonchev–Trinajstić information content (AvgIpc) is 3.59. The Balaban J connectivity index is 1.14. The average molecular weight is 662 g/mol. The molecule has 0 radical (unpaired) electrons. The van der Waals surface area contributed by atoms with Crippen LogP contribution < -0.4 is 4.90 Å². The third-order valence-corrected chi connectivity index (χ3v) is 10.8. The molecule has 0 spiro atoms. The number of furan rings is 1. The lowest BCUT2D eigenvalue weighted by molar-refractivity contribution is 0.672. The van der Waals surface area contributed by atoms with Crippen LogP contribution in [-0.4, -0.2) is 0 Å². The molecule has 0 aliphatic rings. The largest absolute Gasteiger partial charge is 0.455 e. The van der Waals surface area contributed by atoms with Gasteiger partial charge in [0.05, 0.1) is 5.69 Å². The van der Waals surface area contributed by atoms with Gasteiger partial charge in [-0.05, 0) is 103 Å². The van der Waals surface area contributed by atoms with Crippen LogP contribution in [0.3, 0.4) is 0 Å². The van der Waals surface area contributed by atoms with Crippen molar-refractivity contribution in [1.29, 1.82) is 0 Å². The van der Waals surface area contributed by atoms with Gasteiger partial charge in [0.2, 0.25) is 0 Å². The van der Waals surface area contributed by atoms with Crippen molar-refractivity contribution in [2.24, 2.45) is 0 Å². The van der Waals surface area contributed by atoms with E-state index < -0.39 is 0 Å². The summed E-state index contributed by atoms with van der Waals surface area (Å²) in [7, 11) is 0. The summed E-state index contributed by atoms with van der Waals surface area (Å²) >= 11 is 0. The predicted octanol–water partition coefficient (Wildman–Crippen LogP) is 14.5. The van der Waals surface area contributed by atoms with Gasteiger partial charge in [0.15, 0.2) is 0 Å². The number of para-hydroxylation sites is 1. The number of rotatable bonds is 4. The van der Waals surface area contributed by atoms with Gasteiger partial charge in [-0.3, -0.25) is 0 Å². The Bertz CT molecular complexity index is 3090. The van der Waals surface area contributed by atoms with Crippen molar-refractivity contribution in [3.05, 3.63) is 188 Å². The maximum absolute atomic E-state index is 6.51. The highest BCUT2D eigenvalue weighted by atomic mass is 16.3. The van der Waals surface area contributed by atoms with Crippen molar-refractivity contribution in [2.45, 2.75) is 0 Å². The van der Waals surface area contributed by atoms with E-state index in [1.807, 2.05) is 0 Å². The summed E-state index contributed by atoms with van der Waals surface area (Å²) in [6, 6.07) is 68.2. The van der Waals surface area contributed by atoms with Gasteiger partial charge in [-0.2, -0.15) is 0 Å². The summed E-state index contributed by atoms with van der Waals surface area (Å²) < 4.78 is 6.51. The molecule has 1 heterocycles. The van der Waals surface area contributed by atoms with Crippen molar-refractivity contribution >= 4 is 92.9 Å². The summed E-state index contributed by atoms with van der Waals surface area (Å²) in [6.45, 7) is 0. The molecule has 2 heteroatoms. The second-order valence-corrected chi connectivity index (χ2v) is 13.7. The first-order chi connectivity index (χ1) is 25.8. The number of hydrogen-bond donors (Lipinski definition) is 0. The molecule has 0 aliphatic carbocycles. The maximum Gasteiger partial charge on any atom is 0.143 e. The number of fused-ring (bicyclic) bond motifs is 11. The van der Waals surface area contributed by atoms with Gasteiger partial charge >= 0.3 is 0 Å². The molecule has 0 saturated carbocycles. The lowest BCUT2D eigenvalue weighted by Crippen LogP contribution is -2.11. The molecule has 52 heavy (non-hydrogen) atoms. The molecule has 0 fully saturated rings. The third-order valence-electron chi connectivity index (χ3n) is 10.8. The fourth-order valence-electron chi connectivity index (χ4n) is 8.29. The minimum atomic E-state index is 0.896. The zero-order valence-corrected chi connectivity index (χ0v) is 28.3. The maximum atomic E-state index is 6.51. The molecule has 0 aliphatic heterocycles. The lowest BCUT2D eigenvalue weighted by Gasteiger charge is -2.28. The highest BCUT2D eigenvalue weighted by Gasteiger charge is 2.20. The fourth-order valence-corrected chi connectivity index (χ4v) is 8.29. The van der Waals surface area contributed by atoms with Crippen molar-refractivity contribution in [3.8, 4) is 11.1 Å². The Morgan fingerprint density at radius 2 is 0.827 bits per heavy atom. The quantitative estimate of drug-likeness (QED) is 0.175. The van der Waals surface area contributed by atoms with Crippen LogP contribution >= 0.6 is 0 Å². The van der Waals surface area contributed by atoms with Gasteiger partial charge in [-0.1, -0.05) is 140 Å². The number of anilines is 3. The topological polar surface area (TPSA) is 16.4 Å². The molecule has 2 nitrogen and oxygen atoms in total. The predicted molar refractivity (Wildman–Crippen MR) is 221 cm³/mol. The Morgan fingerprint density at radius 1 is 0.327 bits per heavy atom. The summed E-state index contributed by atoms with van der Waals surface area (Å²) in [4.78, 5) is 2.42. The van der Waals surface area contributed by atoms with Crippen molar-refractivity contribution in [3.63, 3.8) is 0 Å². The monoisotopic (exact) mass is 661 g/mol. The Labute approximate surface area is 300 Å². The highest BCUT2D eigenvalue weighted by molar-refractivity contribution is 6.16. The second kappa shape index (κ2) is 11.3. The number of hydrogen-bond acceptors (Lipinski definition) is 2. The van der Waals surface area contributed by atoms with Crippen LogP contribution in [0.1, 0.15) is 0 Å². The molecular formula is C50H31NO. The van der Waals surface area contributed by atoms with Crippen LogP contribution in [0.15, 0.2) is 192 Å².